The predicted molar refractivity (Wildman–Crippen MR) is 73.6 cm³/mol. The first-order chi connectivity index (χ1) is 7.80. The van der Waals surface area contributed by atoms with Gasteiger partial charge in [0.05, 0.1) is 4.99 Å². The highest BCUT2D eigenvalue weighted by Crippen LogP contribution is 2.17. The van der Waals surface area contributed by atoms with E-state index in [4.69, 9.17) is 17.3 Å². The molecule has 1 rings (SSSR count). The van der Waals surface area contributed by atoms with Gasteiger partial charge in [0.25, 0.3) is 0 Å². The summed E-state index contributed by atoms with van der Waals surface area (Å²) in [6.45, 7) is 1.72. The zero-order valence-electron chi connectivity index (χ0n) is 9.18. The minimum atomic E-state index is -3.50. The van der Waals surface area contributed by atoms with E-state index in [9.17, 15) is 8.42 Å². The second-order valence-electron chi connectivity index (χ2n) is 3.62. The predicted octanol–water partition coefficient (Wildman–Crippen LogP) is 1.61. The van der Waals surface area contributed by atoms with Gasteiger partial charge >= 0.3 is 0 Å². The van der Waals surface area contributed by atoms with E-state index >= 15 is 0 Å². The van der Waals surface area contributed by atoms with E-state index in [0.717, 1.165) is 5.56 Å². The maximum atomic E-state index is 11.6. The molecular formula is C10H13ClN2O2S2. The molecule has 94 valence electrons. The van der Waals surface area contributed by atoms with E-state index in [1.807, 2.05) is 0 Å². The highest BCUT2D eigenvalue weighted by atomic mass is 35.5. The average molecular weight is 293 g/mol. The van der Waals surface area contributed by atoms with Gasteiger partial charge in [0.1, 0.15) is 5.75 Å². The van der Waals surface area contributed by atoms with Crippen molar-refractivity contribution in [3.63, 3.8) is 0 Å². The molecule has 7 heteroatoms. The molecule has 0 aliphatic rings. The summed E-state index contributed by atoms with van der Waals surface area (Å²) >= 11 is 10.4. The summed E-state index contributed by atoms with van der Waals surface area (Å²) in [7, 11) is -3.50. The smallest absolute Gasteiger partial charge is 0.218 e. The van der Waals surface area contributed by atoms with Crippen LogP contribution in [-0.4, -0.2) is 19.2 Å². The van der Waals surface area contributed by atoms with E-state index in [1.54, 1.807) is 31.2 Å². The third kappa shape index (κ3) is 4.99. The molecule has 0 amide bonds. The van der Waals surface area contributed by atoms with Gasteiger partial charge in [0.2, 0.25) is 10.0 Å². The van der Waals surface area contributed by atoms with Gasteiger partial charge in [0.15, 0.2) is 0 Å². The third-order valence-corrected chi connectivity index (χ3v) is 4.00. The van der Waals surface area contributed by atoms with E-state index in [1.165, 1.54) is 0 Å². The van der Waals surface area contributed by atoms with Crippen LogP contribution in [0.15, 0.2) is 24.3 Å². The first kappa shape index (κ1) is 14.4. The van der Waals surface area contributed by atoms with Crippen LogP contribution in [0.2, 0.25) is 5.02 Å². The van der Waals surface area contributed by atoms with Crippen molar-refractivity contribution in [3.8, 4) is 0 Å². The Labute approximate surface area is 111 Å². The number of nitrogens with one attached hydrogen (secondary N) is 1. The molecule has 1 aromatic carbocycles. The van der Waals surface area contributed by atoms with E-state index in [0.29, 0.717) is 5.02 Å². The maximum Gasteiger partial charge on any atom is 0.218 e. The maximum absolute atomic E-state index is 11.6. The third-order valence-electron chi connectivity index (χ3n) is 2.04. The summed E-state index contributed by atoms with van der Waals surface area (Å²) in [4.78, 5) is -0.0594. The highest BCUT2D eigenvalue weighted by Gasteiger charge is 2.16. The zero-order chi connectivity index (χ0) is 13.1. The van der Waals surface area contributed by atoms with Crippen LogP contribution >= 0.6 is 23.8 Å². The quantitative estimate of drug-likeness (QED) is 0.809. The van der Waals surface area contributed by atoms with E-state index < -0.39 is 10.0 Å². The first-order valence-electron chi connectivity index (χ1n) is 4.84. The molecule has 4 nitrogen and oxygen atoms in total. The Bertz CT molecular complexity index is 517. The molecule has 0 radical (unpaired) electrons. The Kier molecular flexibility index (Phi) is 4.88. The van der Waals surface area contributed by atoms with Crippen molar-refractivity contribution in [1.29, 1.82) is 0 Å². The number of thiocarbonyl (C=S) groups is 1. The van der Waals surface area contributed by atoms with Crippen LogP contribution in [0.3, 0.4) is 0 Å². The van der Waals surface area contributed by atoms with Crippen LogP contribution in [-0.2, 0) is 10.0 Å². The van der Waals surface area contributed by atoms with Crippen molar-refractivity contribution in [2.24, 2.45) is 5.73 Å². The Morgan fingerprint density at radius 3 is 2.76 bits per heavy atom. The van der Waals surface area contributed by atoms with E-state index in [-0.39, 0.29) is 16.8 Å². The summed E-state index contributed by atoms with van der Waals surface area (Å²) in [6, 6.07) is 6.60. The van der Waals surface area contributed by atoms with Crippen LogP contribution in [0.1, 0.15) is 18.5 Å². The molecule has 0 aliphatic carbocycles. The average Bonchev–Trinajstić information content (AvgIpc) is 2.14. The lowest BCUT2D eigenvalue weighted by Gasteiger charge is -2.14. The molecule has 0 heterocycles. The Balaban J connectivity index is 2.79. The van der Waals surface area contributed by atoms with Gasteiger partial charge in [-0.2, -0.15) is 0 Å². The van der Waals surface area contributed by atoms with Crippen LogP contribution in [0.5, 0.6) is 0 Å². The molecule has 3 N–H and O–H groups in total. The Hall–Kier alpha value is -0.690. The zero-order valence-corrected chi connectivity index (χ0v) is 11.6. The second-order valence-corrected chi connectivity index (χ2v) is 6.33. The summed E-state index contributed by atoms with van der Waals surface area (Å²) in [5.41, 5.74) is 5.99. The van der Waals surface area contributed by atoms with Crippen molar-refractivity contribution in [1.82, 2.24) is 4.72 Å². The number of sulfonamides is 1. The molecule has 0 fully saturated rings. The molecule has 0 bridgehead atoms. The molecule has 0 spiro atoms. The molecule has 1 aromatic rings. The fourth-order valence-electron chi connectivity index (χ4n) is 1.34. The lowest BCUT2D eigenvalue weighted by Crippen LogP contribution is -2.34. The van der Waals surface area contributed by atoms with Crippen molar-refractivity contribution in [3.05, 3.63) is 34.9 Å². The Morgan fingerprint density at radius 2 is 2.24 bits per heavy atom. The van der Waals surface area contributed by atoms with Crippen molar-refractivity contribution in [2.75, 3.05) is 5.75 Å². The molecule has 0 aliphatic heterocycles. The summed E-state index contributed by atoms with van der Waals surface area (Å²) in [6.07, 6.45) is 0. The first-order valence-corrected chi connectivity index (χ1v) is 7.28. The molecule has 0 aromatic heterocycles. The van der Waals surface area contributed by atoms with Crippen LogP contribution in [0, 0.1) is 0 Å². The van der Waals surface area contributed by atoms with Crippen LogP contribution in [0.25, 0.3) is 0 Å². The lowest BCUT2D eigenvalue weighted by molar-refractivity contribution is 0.571. The molecule has 17 heavy (non-hydrogen) atoms. The topological polar surface area (TPSA) is 72.2 Å². The number of hydrogen-bond acceptors (Lipinski definition) is 3. The lowest BCUT2D eigenvalue weighted by atomic mass is 10.1. The normalized spacial score (nSPS) is 13.3. The van der Waals surface area contributed by atoms with Crippen LogP contribution < -0.4 is 10.5 Å². The fraction of sp³-hybridized carbons (Fsp3) is 0.300. The monoisotopic (exact) mass is 292 g/mol. The largest absolute Gasteiger partial charge is 0.392 e. The summed E-state index contributed by atoms with van der Waals surface area (Å²) in [5.74, 6) is -0.354. The standard InChI is InChI=1S/C10H13ClN2O2S2/c1-7(8-3-2-4-9(11)5-8)13-17(14,15)6-10(12)16/h2-5,7,13H,6H2,1H3,(H2,12,16). The fourth-order valence-corrected chi connectivity index (χ4v) is 3.14. The minimum absolute atomic E-state index is 0.0594. The van der Waals surface area contributed by atoms with Gasteiger partial charge in [-0.15, -0.1) is 0 Å². The molecule has 0 saturated heterocycles. The second kappa shape index (κ2) is 5.77. The van der Waals surface area contributed by atoms with Crippen molar-refractivity contribution < 1.29 is 8.42 Å². The summed E-state index contributed by atoms with van der Waals surface area (Å²) < 4.78 is 25.7. The number of rotatable bonds is 5. The van der Waals surface area contributed by atoms with E-state index in [2.05, 4.69) is 16.9 Å². The Morgan fingerprint density at radius 1 is 1.59 bits per heavy atom. The number of hydrogen-bond donors (Lipinski definition) is 2. The van der Waals surface area contributed by atoms with Gasteiger partial charge < -0.3 is 5.73 Å². The van der Waals surface area contributed by atoms with Crippen molar-refractivity contribution >= 4 is 38.8 Å². The number of benzene rings is 1. The van der Waals surface area contributed by atoms with Gasteiger partial charge in [-0.3, -0.25) is 0 Å². The van der Waals surface area contributed by atoms with Gasteiger partial charge in [-0.05, 0) is 24.6 Å². The van der Waals surface area contributed by atoms with Gasteiger partial charge in [0, 0.05) is 11.1 Å². The molecule has 1 atom stereocenters. The molecule has 1 unspecified atom stereocenters. The molecule has 0 saturated carbocycles. The van der Waals surface area contributed by atoms with Gasteiger partial charge in [-0.1, -0.05) is 36.0 Å². The molecular weight excluding hydrogens is 280 g/mol. The highest BCUT2D eigenvalue weighted by molar-refractivity contribution is 7.92. The number of nitrogens with two attached hydrogens (primary N) is 1. The van der Waals surface area contributed by atoms with Crippen LogP contribution in [0.4, 0.5) is 0 Å². The minimum Gasteiger partial charge on any atom is -0.392 e. The SMILES string of the molecule is CC(NS(=O)(=O)CC(N)=S)c1cccc(Cl)c1. The summed E-state index contributed by atoms with van der Waals surface area (Å²) in [5, 5.41) is 0.558. The number of halogens is 1. The van der Waals surface area contributed by atoms with Gasteiger partial charge in [-0.25, -0.2) is 13.1 Å². The van der Waals surface area contributed by atoms with Crippen molar-refractivity contribution in [2.45, 2.75) is 13.0 Å².